The van der Waals surface area contributed by atoms with E-state index >= 15 is 0 Å². The van der Waals surface area contributed by atoms with Gasteiger partial charge >= 0.3 is 0 Å². The summed E-state index contributed by atoms with van der Waals surface area (Å²) in [5, 5.41) is 5.34. The van der Waals surface area contributed by atoms with Crippen molar-refractivity contribution in [2.45, 2.75) is 12.8 Å². The SMILES string of the molecule is CNC(=O)c1ccccc1NC(=O)C1CC1. The lowest BCUT2D eigenvalue weighted by molar-refractivity contribution is -0.117. The predicted octanol–water partition coefficient (Wildman–Crippen LogP) is 1.39. The van der Waals surface area contributed by atoms with Crippen LogP contribution in [0.5, 0.6) is 0 Å². The summed E-state index contributed by atoms with van der Waals surface area (Å²) in [6.45, 7) is 0. The molecular weight excluding hydrogens is 204 g/mol. The van der Waals surface area contributed by atoms with E-state index < -0.39 is 0 Å². The van der Waals surface area contributed by atoms with Crippen molar-refractivity contribution in [1.29, 1.82) is 0 Å². The van der Waals surface area contributed by atoms with Crippen molar-refractivity contribution < 1.29 is 9.59 Å². The Morgan fingerprint density at radius 3 is 2.56 bits per heavy atom. The zero-order chi connectivity index (χ0) is 11.5. The van der Waals surface area contributed by atoms with E-state index in [2.05, 4.69) is 10.6 Å². The van der Waals surface area contributed by atoms with E-state index in [4.69, 9.17) is 0 Å². The Kier molecular flexibility index (Phi) is 2.90. The fraction of sp³-hybridized carbons (Fsp3) is 0.333. The summed E-state index contributed by atoms with van der Waals surface area (Å²) in [5.74, 6) is -0.0409. The summed E-state index contributed by atoms with van der Waals surface area (Å²) in [5.41, 5.74) is 1.08. The van der Waals surface area contributed by atoms with Crippen LogP contribution in [0.4, 0.5) is 5.69 Å². The number of carbonyl (C=O) groups is 2. The molecule has 1 aliphatic carbocycles. The number of rotatable bonds is 3. The van der Waals surface area contributed by atoms with Crippen LogP contribution in [0.3, 0.4) is 0 Å². The standard InChI is InChI=1S/C12H14N2O2/c1-13-12(16)9-4-2-3-5-10(9)14-11(15)8-6-7-8/h2-5,8H,6-7H2,1H3,(H,13,16)(H,14,15). The van der Waals surface area contributed by atoms with Gasteiger partial charge in [0.25, 0.3) is 5.91 Å². The molecule has 0 bridgehead atoms. The molecule has 4 heteroatoms. The Hall–Kier alpha value is -1.84. The fourth-order valence-electron chi connectivity index (χ4n) is 1.51. The average Bonchev–Trinajstić information content (AvgIpc) is 3.12. The van der Waals surface area contributed by atoms with Crippen LogP contribution in [0.1, 0.15) is 23.2 Å². The Labute approximate surface area is 94.0 Å². The molecule has 1 fully saturated rings. The van der Waals surface area contributed by atoms with Gasteiger partial charge in [-0.2, -0.15) is 0 Å². The normalized spacial score (nSPS) is 14.3. The summed E-state index contributed by atoms with van der Waals surface area (Å²) < 4.78 is 0. The smallest absolute Gasteiger partial charge is 0.253 e. The molecule has 4 nitrogen and oxygen atoms in total. The molecule has 2 amide bonds. The lowest BCUT2D eigenvalue weighted by Crippen LogP contribution is -2.21. The monoisotopic (exact) mass is 218 g/mol. The molecule has 0 spiro atoms. The molecular formula is C12H14N2O2. The van der Waals surface area contributed by atoms with Gasteiger partial charge in [0.05, 0.1) is 11.3 Å². The first-order chi connectivity index (χ1) is 7.72. The molecule has 84 valence electrons. The second-order valence-electron chi connectivity index (χ2n) is 3.89. The molecule has 0 saturated heterocycles. The Balaban J connectivity index is 2.18. The van der Waals surface area contributed by atoms with Crippen LogP contribution in [0.25, 0.3) is 0 Å². The highest BCUT2D eigenvalue weighted by molar-refractivity contribution is 6.04. The van der Waals surface area contributed by atoms with Crippen LogP contribution in [0.15, 0.2) is 24.3 Å². The van der Waals surface area contributed by atoms with Crippen LogP contribution in [-0.4, -0.2) is 18.9 Å². The molecule has 0 atom stereocenters. The average molecular weight is 218 g/mol. The van der Waals surface area contributed by atoms with Crippen molar-refractivity contribution in [2.75, 3.05) is 12.4 Å². The van der Waals surface area contributed by atoms with Gasteiger partial charge in [-0.1, -0.05) is 12.1 Å². The number of benzene rings is 1. The summed E-state index contributed by atoms with van der Waals surface area (Å²) in [7, 11) is 1.57. The molecule has 0 unspecified atom stereocenters. The Bertz CT molecular complexity index is 425. The van der Waals surface area contributed by atoms with E-state index in [1.165, 1.54) is 0 Å². The van der Waals surface area contributed by atoms with Gasteiger partial charge in [-0.3, -0.25) is 9.59 Å². The number of para-hydroxylation sites is 1. The number of amides is 2. The first-order valence-corrected chi connectivity index (χ1v) is 5.34. The minimum Gasteiger partial charge on any atom is -0.355 e. The predicted molar refractivity (Wildman–Crippen MR) is 61.2 cm³/mol. The third kappa shape index (κ3) is 2.21. The van der Waals surface area contributed by atoms with Gasteiger partial charge < -0.3 is 10.6 Å². The number of hydrogen-bond donors (Lipinski definition) is 2. The van der Waals surface area contributed by atoms with Crippen LogP contribution in [-0.2, 0) is 4.79 Å². The number of hydrogen-bond acceptors (Lipinski definition) is 2. The van der Waals surface area contributed by atoms with Gasteiger partial charge in [-0.05, 0) is 25.0 Å². The van der Waals surface area contributed by atoms with E-state index in [1.54, 1.807) is 31.3 Å². The second kappa shape index (κ2) is 4.35. The minimum atomic E-state index is -0.188. The highest BCUT2D eigenvalue weighted by atomic mass is 16.2. The first-order valence-electron chi connectivity index (χ1n) is 5.34. The first kappa shape index (κ1) is 10.7. The molecule has 1 saturated carbocycles. The third-order valence-electron chi connectivity index (χ3n) is 2.60. The van der Waals surface area contributed by atoms with Crippen LogP contribution >= 0.6 is 0 Å². The van der Waals surface area contributed by atoms with Crippen molar-refractivity contribution in [3.63, 3.8) is 0 Å². The molecule has 1 aromatic rings. The summed E-state index contributed by atoms with van der Waals surface area (Å²) in [6.07, 6.45) is 1.90. The van der Waals surface area contributed by atoms with Crippen molar-refractivity contribution in [1.82, 2.24) is 5.32 Å². The van der Waals surface area contributed by atoms with Crippen molar-refractivity contribution in [2.24, 2.45) is 5.92 Å². The van der Waals surface area contributed by atoms with Gasteiger partial charge in [0.1, 0.15) is 0 Å². The van der Waals surface area contributed by atoms with Gasteiger partial charge in [-0.25, -0.2) is 0 Å². The largest absolute Gasteiger partial charge is 0.355 e. The summed E-state index contributed by atoms with van der Waals surface area (Å²) in [6, 6.07) is 7.01. The zero-order valence-electron chi connectivity index (χ0n) is 9.12. The lowest BCUT2D eigenvalue weighted by atomic mass is 10.1. The highest BCUT2D eigenvalue weighted by Crippen LogP contribution is 2.30. The molecule has 1 aliphatic rings. The fourth-order valence-corrected chi connectivity index (χ4v) is 1.51. The lowest BCUT2D eigenvalue weighted by Gasteiger charge is -2.09. The maximum atomic E-state index is 11.6. The van der Waals surface area contributed by atoms with E-state index in [1.807, 2.05) is 0 Å². The van der Waals surface area contributed by atoms with Crippen molar-refractivity contribution in [3.8, 4) is 0 Å². The van der Waals surface area contributed by atoms with Crippen LogP contribution < -0.4 is 10.6 Å². The molecule has 2 N–H and O–H groups in total. The minimum absolute atomic E-state index is 0.0105. The zero-order valence-corrected chi connectivity index (χ0v) is 9.12. The second-order valence-corrected chi connectivity index (χ2v) is 3.89. The Morgan fingerprint density at radius 2 is 1.94 bits per heavy atom. The highest BCUT2D eigenvalue weighted by Gasteiger charge is 2.30. The molecule has 0 aliphatic heterocycles. The molecule has 0 radical (unpaired) electrons. The van der Waals surface area contributed by atoms with E-state index in [0.29, 0.717) is 11.3 Å². The maximum absolute atomic E-state index is 11.6. The topological polar surface area (TPSA) is 58.2 Å². The molecule has 1 aromatic carbocycles. The molecule has 2 rings (SSSR count). The molecule has 0 heterocycles. The van der Waals surface area contributed by atoms with Gasteiger partial charge in [0, 0.05) is 13.0 Å². The van der Waals surface area contributed by atoms with Gasteiger partial charge in [0.15, 0.2) is 0 Å². The summed E-state index contributed by atoms with van der Waals surface area (Å²) in [4.78, 5) is 23.1. The van der Waals surface area contributed by atoms with Crippen LogP contribution in [0.2, 0.25) is 0 Å². The van der Waals surface area contributed by atoms with E-state index in [9.17, 15) is 9.59 Å². The molecule has 0 aromatic heterocycles. The Morgan fingerprint density at radius 1 is 1.25 bits per heavy atom. The summed E-state index contributed by atoms with van der Waals surface area (Å²) >= 11 is 0. The van der Waals surface area contributed by atoms with Gasteiger partial charge in [-0.15, -0.1) is 0 Å². The van der Waals surface area contributed by atoms with E-state index in [-0.39, 0.29) is 17.7 Å². The van der Waals surface area contributed by atoms with Crippen molar-refractivity contribution >= 4 is 17.5 Å². The quantitative estimate of drug-likeness (QED) is 0.805. The molecule has 16 heavy (non-hydrogen) atoms. The van der Waals surface area contributed by atoms with Crippen molar-refractivity contribution in [3.05, 3.63) is 29.8 Å². The number of anilines is 1. The number of nitrogens with one attached hydrogen (secondary N) is 2. The van der Waals surface area contributed by atoms with Crippen LogP contribution in [0, 0.1) is 5.92 Å². The number of carbonyl (C=O) groups excluding carboxylic acids is 2. The maximum Gasteiger partial charge on any atom is 0.253 e. The van der Waals surface area contributed by atoms with E-state index in [0.717, 1.165) is 12.8 Å². The van der Waals surface area contributed by atoms with Gasteiger partial charge in [0.2, 0.25) is 5.91 Å². The third-order valence-corrected chi connectivity index (χ3v) is 2.60.